The number of hydrogen-bond acceptors (Lipinski definition) is 6. The molecule has 0 bridgehead atoms. The van der Waals surface area contributed by atoms with E-state index < -0.39 is 6.04 Å². The van der Waals surface area contributed by atoms with Crippen LogP contribution in [-0.2, 0) is 14.3 Å². The monoisotopic (exact) mass is 452 g/mol. The number of nitrogens with one attached hydrogen (secondary N) is 1. The molecular weight excluding hydrogens is 420 g/mol. The maximum atomic E-state index is 13.4. The first-order valence-corrected chi connectivity index (χ1v) is 11.5. The molecular formula is C25H32N4O4. The van der Waals surface area contributed by atoms with Crippen molar-refractivity contribution in [3.8, 4) is 5.75 Å². The Hall–Kier alpha value is -2.94. The van der Waals surface area contributed by atoms with Gasteiger partial charge in [0.15, 0.2) is 0 Å². The molecule has 4 rings (SSSR count). The van der Waals surface area contributed by atoms with Crippen molar-refractivity contribution < 1.29 is 19.1 Å². The summed E-state index contributed by atoms with van der Waals surface area (Å²) in [6, 6.07) is 16.8. The molecule has 2 heterocycles. The highest BCUT2D eigenvalue weighted by molar-refractivity contribution is 5.95. The van der Waals surface area contributed by atoms with Crippen LogP contribution in [0.25, 0.3) is 0 Å². The molecule has 1 atom stereocenters. The van der Waals surface area contributed by atoms with Gasteiger partial charge in [-0.2, -0.15) is 0 Å². The SMILES string of the molecule is COc1cccc(NC(=O)[C@H](c2ccccc2)N2CCN(CC(=O)N3CCOCC3)CC2)c1. The van der Waals surface area contributed by atoms with Gasteiger partial charge in [0.05, 0.1) is 26.9 Å². The second kappa shape index (κ2) is 11.3. The third-order valence-electron chi connectivity index (χ3n) is 6.20. The van der Waals surface area contributed by atoms with Gasteiger partial charge in [0.25, 0.3) is 0 Å². The summed E-state index contributed by atoms with van der Waals surface area (Å²) in [7, 11) is 1.61. The van der Waals surface area contributed by atoms with Gasteiger partial charge in [0, 0.05) is 51.0 Å². The summed E-state index contributed by atoms with van der Waals surface area (Å²) in [4.78, 5) is 32.3. The lowest BCUT2D eigenvalue weighted by Crippen LogP contribution is -2.53. The molecule has 8 nitrogen and oxygen atoms in total. The van der Waals surface area contributed by atoms with Gasteiger partial charge >= 0.3 is 0 Å². The molecule has 2 amide bonds. The molecule has 33 heavy (non-hydrogen) atoms. The fraction of sp³-hybridized carbons (Fsp3) is 0.440. The number of carbonyl (C=O) groups is 2. The van der Waals surface area contributed by atoms with E-state index >= 15 is 0 Å². The Morgan fingerprint density at radius 2 is 1.70 bits per heavy atom. The number of piperazine rings is 1. The molecule has 2 saturated heterocycles. The standard InChI is InChI=1S/C25H32N4O4/c1-32-22-9-5-8-21(18-22)26-25(31)24(20-6-3-2-4-7-20)29-12-10-27(11-13-29)19-23(30)28-14-16-33-17-15-28/h2-9,18,24H,10-17,19H2,1H3,(H,26,31)/t24-/m0/s1. The predicted octanol–water partition coefficient (Wildman–Crippen LogP) is 1.85. The highest BCUT2D eigenvalue weighted by Crippen LogP contribution is 2.25. The number of morpholine rings is 1. The van der Waals surface area contributed by atoms with E-state index in [1.807, 2.05) is 59.5 Å². The zero-order valence-electron chi connectivity index (χ0n) is 19.1. The number of hydrogen-bond donors (Lipinski definition) is 1. The third-order valence-corrected chi connectivity index (χ3v) is 6.20. The van der Waals surface area contributed by atoms with Gasteiger partial charge < -0.3 is 19.7 Å². The van der Waals surface area contributed by atoms with Crippen molar-refractivity contribution in [2.75, 3.05) is 71.5 Å². The van der Waals surface area contributed by atoms with Crippen LogP contribution in [0.15, 0.2) is 54.6 Å². The molecule has 2 aromatic carbocycles. The summed E-state index contributed by atoms with van der Waals surface area (Å²) in [5.41, 5.74) is 1.66. The zero-order chi connectivity index (χ0) is 23.0. The fourth-order valence-electron chi connectivity index (χ4n) is 4.36. The van der Waals surface area contributed by atoms with E-state index in [9.17, 15) is 9.59 Å². The summed E-state index contributed by atoms with van der Waals surface area (Å²) in [6.07, 6.45) is 0. The normalized spacial score (nSPS) is 18.5. The van der Waals surface area contributed by atoms with E-state index in [-0.39, 0.29) is 11.8 Å². The zero-order valence-corrected chi connectivity index (χ0v) is 19.1. The van der Waals surface area contributed by atoms with E-state index in [0.717, 1.165) is 18.7 Å². The lowest BCUT2D eigenvalue weighted by molar-refractivity contribution is -0.137. The lowest BCUT2D eigenvalue weighted by Gasteiger charge is -2.39. The van der Waals surface area contributed by atoms with Crippen molar-refractivity contribution in [1.29, 1.82) is 0 Å². The Bertz CT molecular complexity index is 925. The molecule has 0 radical (unpaired) electrons. The Kier molecular flexibility index (Phi) is 7.93. The second-order valence-corrected chi connectivity index (χ2v) is 8.34. The van der Waals surface area contributed by atoms with Crippen LogP contribution in [0.1, 0.15) is 11.6 Å². The van der Waals surface area contributed by atoms with Gasteiger partial charge in [-0.1, -0.05) is 36.4 Å². The van der Waals surface area contributed by atoms with Crippen LogP contribution in [0.4, 0.5) is 5.69 Å². The number of anilines is 1. The highest BCUT2D eigenvalue weighted by atomic mass is 16.5. The van der Waals surface area contributed by atoms with E-state index in [1.54, 1.807) is 7.11 Å². The number of carbonyl (C=O) groups excluding carboxylic acids is 2. The number of rotatable bonds is 7. The summed E-state index contributed by atoms with van der Waals surface area (Å²) < 4.78 is 10.6. The number of ether oxygens (including phenoxy) is 2. The first-order chi connectivity index (χ1) is 16.1. The largest absolute Gasteiger partial charge is 0.497 e. The molecule has 0 saturated carbocycles. The van der Waals surface area contributed by atoms with Gasteiger partial charge in [-0.3, -0.25) is 19.4 Å². The molecule has 0 unspecified atom stereocenters. The van der Waals surface area contributed by atoms with Crippen LogP contribution in [0.5, 0.6) is 5.75 Å². The maximum Gasteiger partial charge on any atom is 0.246 e. The van der Waals surface area contributed by atoms with Crippen LogP contribution in [-0.4, -0.2) is 92.7 Å². The summed E-state index contributed by atoms with van der Waals surface area (Å²) in [5.74, 6) is 0.775. The van der Waals surface area contributed by atoms with E-state index in [1.165, 1.54) is 0 Å². The van der Waals surface area contributed by atoms with Crippen molar-refractivity contribution in [3.63, 3.8) is 0 Å². The second-order valence-electron chi connectivity index (χ2n) is 8.34. The van der Waals surface area contributed by atoms with Crippen molar-refractivity contribution >= 4 is 17.5 Å². The van der Waals surface area contributed by atoms with Crippen LogP contribution in [0.3, 0.4) is 0 Å². The molecule has 8 heteroatoms. The number of nitrogens with zero attached hydrogens (tertiary/aromatic N) is 3. The van der Waals surface area contributed by atoms with Crippen molar-refractivity contribution in [2.24, 2.45) is 0 Å². The van der Waals surface area contributed by atoms with Crippen LogP contribution >= 0.6 is 0 Å². The first-order valence-electron chi connectivity index (χ1n) is 11.5. The Labute approximate surface area is 195 Å². The number of amides is 2. The summed E-state index contributed by atoms with van der Waals surface area (Å²) >= 11 is 0. The van der Waals surface area contributed by atoms with E-state index in [2.05, 4.69) is 15.1 Å². The van der Waals surface area contributed by atoms with Gasteiger partial charge in [0.2, 0.25) is 11.8 Å². The van der Waals surface area contributed by atoms with Crippen molar-refractivity contribution in [2.45, 2.75) is 6.04 Å². The van der Waals surface area contributed by atoms with Gasteiger partial charge in [0.1, 0.15) is 11.8 Å². The molecule has 176 valence electrons. The average Bonchev–Trinajstić information content (AvgIpc) is 2.86. The fourth-order valence-corrected chi connectivity index (χ4v) is 4.36. The highest BCUT2D eigenvalue weighted by Gasteiger charge is 2.31. The number of methoxy groups -OCH3 is 1. The molecule has 2 aromatic rings. The average molecular weight is 453 g/mol. The van der Waals surface area contributed by atoms with Gasteiger partial charge in [-0.25, -0.2) is 0 Å². The van der Waals surface area contributed by atoms with Crippen molar-refractivity contribution in [3.05, 3.63) is 60.2 Å². The molecule has 0 spiro atoms. The predicted molar refractivity (Wildman–Crippen MR) is 126 cm³/mol. The third kappa shape index (κ3) is 6.10. The maximum absolute atomic E-state index is 13.4. The summed E-state index contributed by atoms with van der Waals surface area (Å²) in [5, 5.41) is 3.05. The Morgan fingerprint density at radius 1 is 0.970 bits per heavy atom. The van der Waals surface area contributed by atoms with Crippen LogP contribution < -0.4 is 10.1 Å². The Morgan fingerprint density at radius 3 is 2.39 bits per heavy atom. The van der Waals surface area contributed by atoms with Gasteiger partial charge in [-0.05, 0) is 17.7 Å². The minimum absolute atomic E-state index is 0.0766. The minimum Gasteiger partial charge on any atom is -0.497 e. The van der Waals surface area contributed by atoms with Crippen LogP contribution in [0, 0.1) is 0 Å². The molecule has 2 fully saturated rings. The quantitative estimate of drug-likeness (QED) is 0.691. The Balaban J connectivity index is 1.40. The molecule has 2 aliphatic heterocycles. The van der Waals surface area contributed by atoms with Crippen molar-refractivity contribution in [1.82, 2.24) is 14.7 Å². The van der Waals surface area contributed by atoms with E-state index in [0.29, 0.717) is 57.4 Å². The molecule has 0 aliphatic carbocycles. The first kappa shape index (κ1) is 23.2. The van der Waals surface area contributed by atoms with E-state index in [4.69, 9.17) is 9.47 Å². The molecule has 0 aromatic heterocycles. The smallest absolute Gasteiger partial charge is 0.246 e. The minimum atomic E-state index is -0.408. The topological polar surface area (TPSA) is 74.4 Å². The van der Waals surface area contributed by atoms with Gasteiger partial charge in [-0.15, -0.1) is 0 Å². The summed E-state index contributed by atoms with van der Waals surface area (Å²) in [6.45, 7) is 5.88. The van der Waals surface area contributed by atoms with Crippen LogP contribution in [0.2, 0.25) is 0 Å². The molecule has 1 N–H and O–H groups in total. The number of benzene rings is 2. The molecule has 2 aliphatic rings. The lowest BCUT2D eigenvalue weighted by atomic mass is 10.0.